The van der Waals surface area contributed by atoms with Crippen molar-refractivity contribution < 1.29 is 23.8 Å². The van der Waals surface area contributed by atoms with Crippen LogP contribution in [0.1, 0.15) is 10.4 Å². The Morgan fingerprint density at radius 2 is 1.88 bits per heavy atom. The zero-order valence-electron chi connectivity index (χ0n) is 18.5. The Kier molecular flexibility index (Phi) is 8.10. The van der Waals surface area contributed by atoms with E-state index in [1.807, 2.05) is 24.3 Å². The fourth-order valence-electron chi connectivity index (χ4n) is 3.35. The first-order valence-electron chi connectivity index (χ1n) is 10.4. The molecule has 3 rings (SSSR count). The maximum Gasteiger partial charge on any atom is 0.254 e. The number of ether oxygens (including phenoxy) is 3. The van der Waals surface area contributed by atoms with E-state index in [1.165, 1.54) is 12.0 Å². The van der Waals surface area contributed by atoms with Crippen molar-refractivity contribution in [2.24, 2.45) is 0 Å². The van der Waals surface area contributed by atoms with E-state index in [2.05, 4.69) is 16.8 Å². The summed E-state index contributed by atoms with van der Waals surface area (Å²) in [5, 5.41) is 2.83. The van der Waals surface area contributed by atoms with Crippen molar-refractivity contribution in [2.75, 3.05) is 63.8 Å². The van der Waals surface area contributed by atoms with Crippen molar-refractivity contribution in [2.45, 2.75) is 0 Å². The van der Waals surface area contributed by atoms with Crippen LogP contribution in [0.4, 0.5) is 11.4 Å². The lowest BCUT2D eigenvalue weighted by atomic mass is 10.1. The first kappa shape index (κ1) is 23.1. The summed E-state index contributed by atoms with van der Waals surface area (Å²) in [5.74, 6) is 0.384. The smallest absolute Gasteiger partial charge is 0.254 e. The van der Waals surface area contributed by atoms with Gasteiger partial charge in [0.1, 0.15) is 6.61 Å². The minimum absolute atomic E-state index is 0.0823. The van der Waals surface area contributed by atoms with Gasteiger partial charge in [-0.25, -0.2) is 0 Å². The highest BCUT2D eigenvalue weighted by molar-refractivity contribution is 5.99. The van der Waals surface area contributed by atoms with Crippen molar-refractivity contribution in [1.82, 2.24) is 4.90 Å². The van der Waals surface area contributed by atoms with E-state index in [0.717, 1.165) is 32.0 Å². The monoisotopic (exact) mass is 439 g/mol. The van der Waals surface area contributed by atoms with Gasteiger partial charge in [0, 0.05) is 37.1 Å². The van der Waals surface area contributed by atoms with Gasteiger partial charge >= 0.3 is 0 Å². The second kappa shape index (κ2) is 11.2. The number of morpholine rings is 1. The molecule has 8 nitrogen and oxygen atoms in total. The number of nitrogens with zero attached hydrogens (tertiary/aromatic N) is 2. The quantitative estimate of drug-likeness (QED) is 0.606. The van der Waals surface area contributed by atoms with Gasteiger partial charge < -0.3 is 29.3 Å². The van der Waals surface area contributed by atoms with Crippen LogP contribution >= 0.6 is 0 Å². The number of hydrogen-bond donors (Lipinski definition) is 1. The number of rotatable bonds is 9. The molecule has 1 fully saturated rings. The van der Waals surface area contributed by atoms with Crippen LogP contribution in [0.3, 0.4) is 0 Å². The maximum atomic E-state index is 12.8. The molecule has 2 amide bonds. The summed E-state index contributed by atoms with van der Waals surface area (Å²) in [6, 6.07) is 12.6. The summed E-state index contributed by atoms with van der Waals surface area (Å²) >= 11 is 0. The average Bonchev–Trinajstić information content (AvgIpc) is 2.83. The molecular weight excluding hydrogens is 410 g/mol. The molecule has 0 atom stereocenters. The lowest BCUT2D eigenvalue weighted by Gasteiger charge is -2.28. The van der Waals surface area contributed by atoms with E-state index in [4.69, 9.17) is 14.2 Å². The van der Waals surface area contributed by atoms with Crippen LogP contribution in [0.15, 0.2) is 55.1 Å². The normalized spacial score (nSPS) is 13.2. The second-order valence-corrected chi connectivity index (χ2v) is 7.32. The Labute approximate surface area is 188 Å². The Morgan fingerprint density at radius 1 is 1.16 bits per heavy atom. The lowest BCUT2D eigenvalue weighted by Crippen LogP contribution is -2.36. The predicted octanol–water partition coefficient (Wildman–Crippen LogP) is 2.81. The molecule has 2 aromatic carbocycles. The minimum Gasteiger partial charge on any atom is -0.493 e. The number of likely N-dealkylation sites (N-methyl/N-ethyl adjacent to an activating group) is 1. The molecule has 1 saturated heterocycles. The van der Waals surface area contributed by atoms with E-state index in [9.17, 15) is 9.59 Å². The summed E-state index contributed by atoms with van der Waals surface area (Å²) in [6.07, 6.45) is 1.63. The predicted molar refractivity (Wildman–Crippen MR) is 124 cm³/mol. The SMILES string of the molecule is C=CCOc1ccc(C(=O)N(C)CC(=O)Nc2ccc(N3CCOCC3)cc2)cc1OC. The molecule has 1 N–H and O–H groups in total. The number of methoxy groups -OCH3 is 1. The van der Waals surface area contributed by atoms with Gasteiger partial charge in [-0.05, 0) is 42.5 Å². The van der Waals surface area contributed by atoms with Crippen LogP contribution in [0.2, 0.25) is 0 Å². The minimum atomic E-state index is -0.295. The third kappa shape index (κ3) is 6.01. The van der Waals surface area contributed by atoms with Gasteiger partial charge in [-0.1, -0.05) is 12.7 Å². The molecule has 1 heterocycles. The van der Waals surface area contributed by atoms with Gasteiger partial charge in [0.2, 0.25) is 5.91 Å². The molecule has 1 aliphatic rings. The molecule has 170 valence electrons. The molecule has 8 heteroatoms. The Morgan fingerprint density at radius 3 is 2.53 bits per heavy atom. The van der Waals surface area contributed by atoms with Crippen molar-refractivity contribution in [3.05, 3.63) is 60.7 Å². The number of carbonyl (C=O) groups excluding carboxylic acids is 2. The molecule has 0 unspecified atom stereocenters. The third-order valence-corrected chi connectivity index (χ3v) is 5.02. The van der Waals surface area contributed by atoms with E-state index in [1.54, 1.807) is 31.3 Å². The zero-order valence-corrected chi connectivity index (χ0v) is 18.5. The second-order valence-electron chi connectivity index (χ2n) is 7.32. The topological polar surface area (TPSA) is 80.3 Å². The fraction of sp³-hybridized carbons (Fsp3) is 0.333. The van der Waals surface area contributed by atoms with Crippen molar-refractivity contribution >= 4 is 23.2 Å². The van der Waals surface area contributed by atoms with Crippen molar-refractivity contribution in [3.8, 4) is 11.5 Å². The van der Waals surface area contributed by atoms with E-state index < -0.39 is 0 Å². The van der Waals surface area contributed by atoms with E-state index >= 15 is 0 Å². The molecule has 32 heavy (non-hydrogen) atoms. The number of benzene rings is 2. The third-order valence-electron chi connectivity index (χ3n) is 5.02. The Hall–Kier alpha value is -3.52. The summed E-state index contributed by atoms with van der Waals surface area (Å²) < 4.78 is 16.2. The molecule has 0 spiro atoms. The molecule has 0 aromatic heterocycles. The maximum absolute atomic E-state index is 12.8. The van der Waals surface area contributed by atoms with Gasteiger partial charge in [-0.3, -0.25) is 9.59 Å². The molecule has 0 radical (unpaired) electrons. The summed E-state index contributed by atoms with van der Waals surface area (Å²) in [4.78, 5) is 28.8. The molecule has 0 saturated carbocycles. The first-order valence-corrected chi connectivity index (χ1v) is 10.4. The molecule has 0 aliphatic carbocycles. The number of carbonyl (C=O) groups is 2. The highest BCUT2D eigenvalue weighted by Gasteiger charge is 2.18. The lowest BCUT2D eigenvalue weighted by molar-refractivity contribution is -0.116. The highest BCUT2D eigenvalue weighted by atomic mass is 16.5. The van der Waals surface area contributed by atoms with Gasteiger partial charge in [-0.2, -0.15) is 0 Å². The van der Waals surface area contributed by atoms with Crippen LogP contribution in [-0.2, 0) is 9.53 Å². The van der Waals surface area contributed by atoms with Gasteiger partial charge in [0.05, 0.1) is 26.9 Å². The van der Waals surface area contributed by atoms with Crippen molar-refractivity contribution in [3.63, 3.8) is 0 Å². The van der Waals surface area contributed by atoms with Crippen LogP contribution in [-0.4, -0.2) is 70.3 Å². The molecule has 2 aromatic rings. The number of anilines is 2. The zero-order chi connectivity index (χ0) is 22.9. The van der Waals surface area contributed by atoms with Gasteiger partial charge in [-0.15, -0.1) is 0 Å². The number of hydrogen-bond acceptors (Lipinski definition) is 6. The number of amides is 2. The highest BCUT2D eigenvalue weighted by Crippen LogP contribution is 2.28. The first-order chi connectivity index (χ1) is 15.5. The molecule has 1 aliphatic heterocycles. The summed E-state index contributed by atoms with van der Waals surface area (Å²) in [5.41, 5.74) is 2.17. The number of nitrogens with one attached hydrogen (secondary N) is 1. The largest absolute Gasteiger partial charge is 0.493 e. The standard InChI is InChI=1S/C24H29N3O5/c1-4-13-32-21-10-5-18(16-22(21)30-3)24(29)26(2)17-23(28)25-19-6-8-20(9-7-19)27-11-14-31-15-12-27/h4-10,16H,1,11-15,17H2,2-3H3,(H,25,28). The van der Waals surface area contributed by atoms with E-state index in [-0.39, 0.29) is 18.4 Å². The Bertz CT molecular complexity index is 939. The fourth-order valence-corrected chi connectivity index (χ4v) is 3.35. The molecular formula is C24H29N3O5. The summed E-state index contributed by atoms with van der Waals surface area (Å²) in [6.45, 7) is 7.00. The van der Waals surface area contributed by atoms with Gasteiger partial charge in [0.15, 0.2) is 11.5 Å². The van der Waals surface area contributed by atoms with Gasteiger partial charge in [0.25, 0.3) is 5.91 Å². The van der Waals surface area contributed by atoms with Crippen molar-refractivity contribution in [1.29, 1.82) is 0 Å². The van der Waals surface area contributed by atoms with Crippen LogP contribution in [0.25, 0.3) is 0 Å². The summed E-state index contributed by atoms with van der Waals surface area (Å²) in [7, 11) is 3.09. The van der Waals surface area contributed by atoms with Crippen LogP contribution < -0.4 is 19.7 Å². The van der Waals surface area contributed by atoms with E-state index in [0.29, 0.717) is 29.4 Å². The van der Waals surface area contributed by atoms with Crippen LogP contribution in [0, 0.1) is 0 Å². The van der Waals surface area contributed by atoms with Crippen LogP contribution in [0.5, 0.6) is 11.5 Å². The average molecular weight is 440 g/mol. The molecule has 0 bridgehead atoms. The Balaban J connectivity index is 1.56.